The molecular formula is C34H33N3O7S. The van der Waals surface area contributed by atoms with Crippen molar-refractivity contribution in [2.75, 3.05) is 44.8 Å². The molecule has 0 radical (unpaired) electrons. The van der Waals surface area contributed by atoms with Crippen molar-refractivity contribution in [3.8, 4) is 23.0 Å². The molecule has 45 heavy (non-hydrogen) atoms. The van der Waals surface area contributed by atoms with E-state index >= 15 is 0 Å². The molecule has 3 amide bonds. The number of hydrogen-bond acceptors (Lipinski definition) is 8. The Hall–Kier alpha value is -5.42. The minimum Gasteiger partial charge on any atom is -0.497 e. The molecule has 0 atom stereocenters. The Kier molecular flexibility index (Phi) is 11.5. The fourth-order valence-corrected chi connectivity index (χ4v) is 4.84. The van der Waals surface area contributed by atoms with E-state index in [1.807, 2.05) is 0 Å². The highest BCUT2D eigenvalue weighted by Crippen LogP contribution is 2.35. The van der Waals surface area contributed by atoms with Crippen molar-refractivity contribution in [3.05, 3.63) is 108 Å². The summed E-state index contributed by atoms with van der Waals surface area (Å²) >= 11 is 1.35. The van der Waals surface area contributed by atoms with Crippen LogP contribution in [0.1, 0.15) is 15.9 Å². The van der Waals surface area contributed by atoms with Gasteiger partial charge in [-0.1, -0.05) is 24.3 Å². The second-order valence-electron chi connectivity index (χ2n) is 9.37. The van der Waals surface area contributed by atoms with E-state index in [0.29, 0.717) is 45.5 Å². The number of carbonyl (C=O) groups is 3. The zero-order valence-corrected chi connectivity index (χ0v) is 26.0. The Morgan fingerprint density at radius 1 is 0.689 bits per heavy atom. The lowest BCUT2D eigenvalue weighted by molar-refractivity contribution is -0.114. The molecule has 10 nitrogen and oxygen atoms in total. The van der Waals surface area contributed by atoms with Crippen LogP contribution in [-0.4, -0.2) is 51.9 Å². The summed E-state index contributed by atoms with van der Waals surface area (Å²) < 4.78 is 21.5. The van der Waals surface area contributed by atoms with Crippen LogP contribution >= 0.6 is 11.8 Å². The van der Waals surface area contributed by atoms with Crippen molar-refractivity contribution in [2.24, 2.45) is 0 Å². The van der Waals surface area contributed by atoms with Gasteiger partial charge in [0.15, 0.2) is 11.5 Å². The number of methoxy groups -OCH3 is 4. The van der Waals surface area contributed by atoms with Crippen LogP contribution < -0.4 is 34.9 Å². The Bertz CT molecular complexity index is 1680. The van der Waals surface area contributed by atoms with E-state index in [1.54, 1.807) is 98.1 Å². The average molecular weight is 628 g/mol. The van der Waals surface area contributed by atoms with Gasteiger partial charge in [-0.3, -0.25) is 14.4 Å². The van der Waals surface area contributed by atoms with Gasteiger partial charge in [0.2, 0.25) is 5.91 Å². The third-order valence-corrected chi connectivity index (χ3v) is 7.41. The highest BCUT2D eigenvalue weighted by atomic mass is 32.2. The maximum absolute atomic E-state index is 13.5. The van der Waals surface area contributed by atoms with Crippen molar-refractivity contribution < 1.29 is 33.3 Å². The topological polar surface area (TPSA) is 124 Å². The molecule has 0 aromatic heterocycles. The predicted octanol–water partition coefficient (Wildman–Crippen LogP) is 5.86. The molecule has 0 heterocycles. The molecule has 0 spiro atoms. The van der Waals surface area contributed by atoms with Crippen LogP contribution in [0.2, 0.25) is 0 Å². The number of hydrogen-bond donors (Lipinski definition) is 3. The molecule has 3 N–H and O–H groups in total. The molecule has 0 saturated heterocycles. The van der Waals surface area contributed by atoms with Crippen molar-refractivity contribution in [1.82, 2.24) is 5.32 Å². The van der Waals surface area contributed by atoms with Crippen molar-refractivity contribution in [1.29, 1.82) is 0 Å². The lowest BCUT2D eigenvalue weighted by atomic mass is 10.1. The third kappa shape index (κ3) is 9.04. The summed E-state index contributed by atoms with van der Waals surface area (Å²) in [6.45, 7) is 0. The lowest BCUT2D eigenvalue weighted by Crippen LogP contribution is -2.30. The summed E-state index contributed by atoms with van der Waals surface area (Å²) in [5.74, 6) is 0.923. The van der Waals surface area contributed by atoms with Crippen molar-refractivity contribution in [2.45, 2.75) is 4.90 Å². The molecule has 0 unspecified atom stereocenters. The number of benzene rings is 4. The highest BCUT2D eigenvalue weighted by Gasteiger charge is 2.18. The number of nitrogens with one attached hydrogen (secondary N) is 3. The number of amides is 3. The predicted molar refractivity (Wildman–Crippen MR) is 175 cm³/mol. The zero-order chi connectivity index (χ0) is 32.2. The molecule has 4 aromatic rings. The summed E-state index contributed by atoms with van der Waals surface area (Å²) in [5, 5.41) is 8.39. The van der Waals surface area contributed by atoms with Crippen molar-refractivity contribution >= 4 is 46.9 Å². The smallest absolute Gasteiger partial charge is 0.272 e. The van der Waals surface area contributed by atoms with Crippen LogP contribution in [0.4, 0.5) is 11.4 Å². The standard InChI is InChI=1S/C34H33N3O7S/c1-41-26-12-8-11-25(19-26)35-32(38)21-45-27-15-13-24(14-16-27)36-34(40)28(37-33(39)22-9-6-5-7-10-22)17-23-18-30(43-3)31(44-4)20-29(23)42-2/h5-20H,21H2,1-4H3,(H,35,38)(H,36,40)(H,37,39)/b28-17-. The normalized spacial score (nSPS) is 10.8. The lowest BCUT2D eigenvalue weighted by Gasteiger charge is -2.15. The average Bonchev–Trinajstić information content (AvgIpc) is 3.07. The van der Waals surface area contributed by atoms with Crippen LogP contribution in [0.25, 0.3) is 6.08 Å². The molecule has 0 bridgehead atoms. The van der Waals surface area contributed by atoms with Gasteiger partial charge in [-0.2, -0.15) is 0 Å². The molecule has 4 aromatic carbocycles. The quantitative estimate of drug-likeness (QED) is 0.124. The molecule has 0 aliphatic heterocycles. The summed E-state index contributed by atoms with van der Waals surface area (Å²) in [6, 6.07) is 26.0. The molecule has 0 saturated carbocycles. The van der Waals surface area contributed by atoms with Crippen LogP contribution in [0.15, 0.2) is 102 Å². The maximum atomic E-state index is 13.5. The Morgan fingerprint density at radius 3 is 2.04 bits per heavy atom. The van der Waals surface area contributed by atoms with Crippen LogP contribution in [0.3, 0.4) is 0 Å². The molecular weight excluding hydrogens is 594 g/mol. The first-order valence-corrected chi connectivity index (χ1v) is 14.7. The fourth-order valence-electron chi connectivity index (χ4n) is 4.14. The van der Waals surface area contributed by atoms with Gasteiger partial charge < -0.3 is 34.9 Å². The van der Waals surface area contributed by atoms with E-state index < -0.39 is 11.8 Å². The zero-order valence-electron chi connectivity index (χ0n) is 25.2. The van der Waals surface area contributed by atoms with E-state index in [0.717, 1.165) is 4.90 Å². The Morgan fingerprint density at radius 2 is 1.38 bits per heavy atom. The van der Waals surface area contributed by atoms with E-state index in [4.69, 9.17) is 18.9 Å². The summed E-state index contributed by atoms with van der Waals surface area (Å²) in [7, 11) is 6.06. The molecule has 232 valence electrons. The van der Waals surface area contributed by atoms with Gasteiger partial charge in [-0.15, -0.1) is 11.8 Å². The van der Waals surface area contributed by atoms with Gasteiger partial charge in [-0.05, 0) is 60.7 Å². The second-order valence-corrected chi connectivity index (χ2v) is 10.4. The SMILES string of the molecule is COc1cccc(NC(=O)CSc2ccc(NC(=O)/C(=C/c3cc(OC)c(OC)cc3OC)NC(=O)c3ccccc3)cc2)c1. The van der Waals surface area contributed by atoms with Gasteiger partial charge in [0.25, 0.3) is 11.8 Å². The number of ether oxygens (including phenoxy) is 4. The minimum absolute atomic E-state index is 0.0259. The van der Waals surface area contributed by atoms with Gasteiger partial charge in [0, 0.05) is 39.5 Å². The first-order chi connectivity index (χ1) is 21.8. The number of thioether (sulfide) groups is 1. The highest BCUT2D eigenvalue weighted by molar-refractivity contribution is 8.00. The maximum Gasteiger partial charge on any atom is 0.272 e. The second kappa shape index (κ2) is 15.9. The van der Waals surface area contributed by atoms with E-state index in [2.05, 4.69) is 16.0 Å². The Balaban J connectivity index is 1.49. The number of rotatable bonds is 13. The first-order valence-electron chi connectivity index (χ1n) is 13.7. The fraction of sp³-hybridized carbons (Fsp3) is 0.147. The minimum atomic E-state index is -0.561. The van der Waals surface area contributed by atoms with Gasteiger partial charge in [0.1, 0.15) is 17.2 Å². The summed E-state index contributed by atoms with van der Waals surface area (Å²) in [4.78, 5) is 39.8. The molecule has 0 aliphatic rings. The third-order valence-electron chi connectivity index (χ3n) is 6.40. The Labute approximate surface area is 265 Å². The van der Waals surface area contributed by atoms with Gasteiger partial charge in [-0.25, -0.2) is 0 Å². The summed E-state index contributed by atoms with van der Waals surface area (Å²) in [5.41, 5.74) is 1.97. The molecule has 0 fully saturated rings. The first kappa shape index (κ1) is 32.5. The van der Waals surface area contributed by atoms with Crippen molar-refractivity contribution in [3.63, 3.8) is 0 Å². The van der Waals surface area contributed by atoms with E-state index in [9.17, 15) is 14.4 Å². The summed E-state index contributed by atoms with van der Waals surface area (Å²) in [6.07, 6.45) is 1.50. The largest absolute Gasteiger partial charge is 0.497 e. The molecule has 11 heteroatoms. The van der Waals surface area contributed by atoms with Gasteiger partial charge >= 0.3 is 0 Å². The van der Waals surface area contributed by atoms with Gasteiger partial charge in [0.05, 0.1) is 34.2 Å². The molecule has 0 aliphatic carbocycles. The van der Waals surface area contributed by atoms with Crippen LogP contribution in [0.5, 0.6) is 23.0 Å². The monoisotopic (exact) mass is 627 g/mol. The molecule has 4 rings (SSSR count). The number of carbonyl (C=O) groups excluding carboxylic acids is 3. The number of anilines is 2. The van der Waals surface area contributed by atoms with Crippen LogP contribution in [0, 0.1) is 0 Å². The van der Waals surface area contributed by atoms with E-state index in [1.165, 1.54) is 39.2 Å². The van der Waals surface area contributed by atoms with Crippen LogP contribution in [-0.2, 0) is 9.59 Å². The van der Waals surface area contributed by atoms with E-state index in [-0.39, 0.29) is 17.4 Å².